The van der Waals surface area contributed by atoms with Crippen molar-refractivity contribution in [2.75, 3.05) is 39.4 Å². The summed E-state index contributed by atoms with van der Waals surface area (Å²) in [5.74, 6) is 0. The predicted octanol–water partition coefficient (Wildman–Crippen LogP) is 1.66. The van der Waals surface area contributed by atoms with Gasteiger partial charge >= 0.3 is 0 Å². The van der Waals surface area contributed by atoms with E-state index in [1.54, 1.807) is 0 Å². The molecule has 1 rings (SSSR count). The fourth-order valence-electron chi connectivity index (χ4n) is 2.18. The van der Waals surface area contributed by atoms with Crippen molar-refractivity contribution >= 4 is 0 Å². The highest BCUT2D eigenvalue weighted by molar-refractivity contribution is 4.93. The number of hydrogen-bond acceptors (Lipinski definition) is 3. The molecule has 1 saturated heterocycles. The van der Waals surface area contributed by atoms with Gasteiger partial charge in [-0.05, 0) is 12.8 Å². The van der Waals surface area contributed by atoms with Gasteiger partial charge in [0.2, 0.25) is 0 Å². The summed E-state index contributed by atoms with van der Waals surface area (Å²) >= 11 is 0. The minimum Gasteiger partial charge on any atom is -0.301 e. The topological polar surface area (TPSA) is 30.3 Å². The van der Waals surface area contributed by atoms with E-state index in [2.05, 4.69) is 22.8 Å². The molecule has 0 aliphatic carbocycles. The number of rotatable bonds is 6. The molecule has 0 saturated carbocycles. The molecule has 0 aromatic heterocycles. The zero-order valence-corrected chi connectivity index (χ0v) is 10.2. The third kappa shape index (κ3) is 4.07. The van der Waals surface area contributed by atoms with Crippen LogP contribution in [0.15, 0.2) is 0 Å². The molecule has 0 aromatic carbocycles. The van der Waals surface area contributed by atoms with Crippen molar-refractivity contribution in [2.45, 2.75) is 32.2 Å². The van der Waals surface area contributed by atoms with Crippen LogP contribution in [0.25, 0.3) is 0 Å². The van der Waals surface area contributed by atoms with Gasteiger partial charge in [-0.15, -0.1) is 0 Å². The zero-order chi connectivity index (χ0) is 11.8. The normalized spacial score (nSPS) is 20.6. The molecule has 0 N–H and O–H groups in total. The Morgan fingerprint density at radius 2 is 2.00 bits per heavy atom. The first kappa shape index (κ1) is 13.4. The molecule has 1 fully saturated rings. The van der Waals surface area contributed by atoms with Crippen molar-refractivity contribution < 1.29 is 4.39 Å². The van der Waals surface area contributed by atoms with Crippen LogP contribution >= 0.6 is 0 Å². The quantitative estimate of drug-likeness (QED) is 0.691. The Morgan fingerprint density at radius 1 is 1.31 bits per heavy atom. The van der Waals surface area contributed by atoms with E-state index < -0.39 is 0 Å². The van der Waals surface area contributed by atoms with Crippen LogP contribution in [-0.4, -0.2) is 55.2 Å². The van der Waals surface area contributed by atoms with E-state index in [1.165, 1.54) is 0 Å². The first-order chi connectivity index (χ1) is 7.81. The second kappa shape index (κ2) is 7.59. The Morgan fingerprint density at radius 3 is 2.50 bits per heavy atom. The molecule has 0 radical (unpaired) electrons. The van der Waals surface area contributed by atoms with Gasteiger partial charge in [-0.3, -0.25) is 9.29 Å². The minimum absolute atomic E-state index is 0.0772. The average molecular weight is 227 g/mol. The van der Waals surface area contributed by atoms with Crippen LogP contribution in [0, 0.1) is 11.3 Å². The van der Waals surface area contributed by atoms with Gasteiger partial charge in [-0.2, -0.15) is 5.26 Å². The van der Waals surface area contributed by atoms with Crippen molar-refractivity contribution in [1.82, 2.24) is 9.80 Å². The summed E-state index contributed by atoms with van der Waals surface area (Å²) in [5.41, 5.74) is 0. The van der Waals surface area contributed by atoms with E-state index in [9.17, 15) is 4.39 Å². The first-order valence-corrected chi connectivity index (χ1v) is 6.23. The maximum Gasteiger partial charge on any atom is 0.0978 e. The van der Waals surface area contributed by atoms with Crippen molar-refractivity contribution in [1.29, 1.82) is 5.26 Å². The second-order valence-corrected chi connectivity index (χ2v) is 4.35. The van der Waals surface area contributed by atoms with E-state index in [0.717, 1.165) is 45.6 Å². The van der Waals surface area contributed by atoms with Gasteiger partial charge < -0.3 is 4.90 Å². The van der Waals surface area contributed by atoms with E-state index in [4.69, 9.17) is 5.26 Å². The Labute approximate surface area is 97.8 Å². The molecule has 1 aliphatic heterocycles. The van der Waals surface area contributed by atoms with Gasteiger partial charge in [-0.25, -0.2) is 0 Å². The van der Waals surface area contributed by atoms with Crippen molar-refractivity contribution in [3.05, 3.63) is 0 Å². The monoisotopic (exact) mass is 227 g/mol. The first-order valence-electron chi connectivity index (χ1n) is 6.23. The van der Waals surface area contributed by atoms with Crippen molar-refractivity contribution in [2.24, 2.45) is 0 Å². The highest BCUT2D eigenvalue weighted by Crippen LogP contribution is 2.10. The fraction of sp³-hybridized carbons (Fsp3) is 0.917. The Hall–Kier alpha value is -0.660. The molecule has 0 spiro atoms. The van der Waals surface area contributed by atoms with Gasteiger partial charge in [-0.1, -0.05) is 13.3 Å². The molecule has 16 heavy (non-hydrogen) atoms. The van der Waals surface area contributed by atoms with E-state index in [1.807, 2.05) is 0 Å². The lowest BCUT2D eigenvalue weighted by Crippen LogP contribution is -2.50. The lowest BCUT2D eigenvalue weighted by Gasteiger charge is -2.36. The number of halogens is 1. The standard InChI is InChI=1S/C12H22FN3/c1-2-4-12(11-14)16-9-7-15(8-10-16)6-3-5-13/h12H,2-10H2,1H3. The maximum absolute atomic E-state index is 12.0. The van der Waals surface area contributed by atoms with Crippen LogP contribution in [0.5, 0.6) is 0 Å². The highest BCUT2D eigenvalue weighted by atomic mass is 19.1. The molecule has 0 bridgehead atoms. The molecule has 0 aromatic rings. The molecule has 1 heterocycles. The number of nitriles is 1. The number of piperazine rings is 1. The van der Waals surface area contributed by atoms with E-state index in [0.29, 0.717) is 6.42 Å². The lowest BCUT2D eigenvalue weighted by atomic mass is 10.1. The molecule has 4 heteroatoms. The third-order valence-electron chi connectivity index (χ3n) is 3.17. The molecule has 3 nitrogen and oxygen atoms in total. The summed E-state index contributed by atoms with van der Waals surface area (Å²) in [6, 6.07) is 2.46. The van der Waals surface area contributed by atoms with Crippen molar-refractivity contribution in [3.8, 4) is 6.07 Å². The largest absolute Gasteiger partial charge is 0.301 e. The summed E-state index contributed by atoms with van der Waals surface area (Å²) in [6.07, 6.45) is 2.65. The van der Waals surface area contributed by atoms with Crippen LogP contribution in [0.1, 0.15) is 26.2 Å². The Balaban J connectivity index is 2.28. The van der Waals surface area contributed by atoms with Crippen molar-refractivity contribution in [3.63, 3.8) is 0 Å². The minimum atomic E-state index is -0.225. The van der Waals surface area contributed by atoms with Crippen LogP contribution < -0.4 is 0 Å². The number of hydrogen-bond donors (Lipinski definition) is 0. The van der Waals surface area contributed by atoms with Gasteiger partial charge in [0.05, 0.1) is 18.8 Å². The zero-order valence-electron chi connectivity index (χ0n) is 10.2. The summed E-state index contributed by atoms with van der Waals surface area (Å²) in [6.45, 7) is 6.59. The molecule has 1 aliphatic rings. The predicted molar refractivity (Wildman–Crippen MR) is 62.9 cm³/mol. The van der Waals surface area contributed by atoms with Gasteiger partial charge in [0.15, 0.2) is 0 Å². The molecular weight excluding hydrogens is 205 g/mol. The average Bonchev–Trinajstić information content (AvgIpc) is 2.34. The van der Waals surface area contributed by atoms with Crippen LogP contribution in [-0.2, 0) is 0 Å². The smallest absolute Gasteiger partial charge is 0.0978 e. The lowest BCUT2D eigenvalue weighted by molar-refractivity contribution is 0.108. The van der Waals surface area contributed by atoms with E-state index in [-0.39, 0.29) is 12.7 Å². The molecular formula is C12H22FN3. The van der Waals surface area contributed by atoms with Crippen LogP contribution in [0.4, 0.5) is 4.39 Å². The van der Waals surface area contributed by atoms with Gasteiger partial charge in [0.1, 0.15) is 0 Å². The fourth-order valence-corrected chi connectivity index (χ4v) is 2.18. The summed E-state index contributed by atoms with van der Waals surface area (Å²) in [4.78, 5) is 4.55. The van der Waals surface area contributed by atoms with Crippen LogP contribution in [0.3, 0.4) is 0 Å². The van der Waals surface area contributed by atoms with Crippen LogP contribution in [0.2, 0.25) is 0 Å². The Kier molecular flexibility index (Phi) is 6.36. The number of alkyl halides is 1. The van der Waals surface area contributed by atoms with Gasteiger partial charge in [0.25, 0.3) is 0 Å². The third-order valence-corrected chi connectivity index (χ3v) is 3.17. The number of nitrogens with zero attached hydrogens (tertiary/aromatic N) is 3. The summed E-state index contributed by atoms with van der Waals surface area (Å²) in [7, 11) is 0. The molecule has 1 atom stereocenters. The highest BCUT2D eigenvalue weighted by Gasteiger charge is 2.22. The molecule has 1 unspecified atom stereocenters. The SMILES string of the molecule is CCCC(C#N)N1CCN(CCCF)CC1. The van der Waals surface area contributed by atoms with Gasteiger partial charge in [0, 0.05) is 32.7 Å². The molecule has 0 amide bonds. The summed E-state index contributed by atoms with van der Waals surface area (Å²) in [5, 5.41) is 9.06. The summed E-state index contributed by atoms with van der Waals surface area (Å²) < 4.78 is 12.0. The maximum atomic E-state index is 12.0. The van der Waals surface area contributed by atoms with E-state index >= 15 is 0 Å². The second-order valence-electron chi connectivity index (χ2n) is 4.35. The Bertz CT molecular complexity index is 219. The molecule has 92 valence electrons.